The van der Waals surface area contributed by atoms with Crippen molar-refractivity contribution < 1.29 is 34.3 Å². The Labute approximate surface area is 98.9 Å². The lowest BCUT2D eigenvalue weighted by Gasteiger charge is -2.40. The van der Waals surface area contributed by atoms with E-state index < -0.39 is 43.1 Å². The highest BCUT2D eigenvalue weighted by molar-refractivity contribution is 5.67. The first-order chi connectivity index (χ1) is 7.97. The zero-order valence-electron chi connectivity index (χ0n) is 9.78. The summed E-state index contributed by atoms with van der Waals surface area (Å²) in [6.45, 7) is 1.16. The van der Waals surface area contributed by atoms with Crippen LogP contribution < -0.4 is 0 Å². The lowest BCUT2D eigenvalue weighted by atomic mass is 9.96. The molecule has 0 bridgehead atoms. The minimum Gasteiger partial charge on any atom is -0.480 e. The maximum Gasteiger partial charge on any atom is 0.329 e. The van der Waals surface area contributed by atoms with Gasteiger partial charge in [0.1, 0.15) is 31.0 Å². The molecule has 100 valence electrons. The molecule has 1 aliphatic heterocycles. The van der Waals surface area contributed by atoms with E-state index >= 15 is 0 Å². The first-order valence-corrected chi connectivity index (χ1v) is 5.31. The number of carbonyl (C=O) groups is 1. The quantitative estimate of drug-likeness (QED) is 0.551. The zero-order valence-corrected chi connectivity index (χ0v) is 9.78. The molecular formula is C10H18O7. The fraction of sp³-hybridized carbons (Fsp3) is 0.900. The number of hydrogen-bond acceptors (Lipinski definition) is 6. The molecule has 0 aromatic carbocycles. The van der Waals surface area contributed by atoms with Gasteiger partial charge in [-0.3, -0.25) is 0 Å². The van der Waals surface area contributed by atoms with E-state index in [0.717, 1.165) is 0 Å². The minimum atomic E-state index is -1.08. The summed E-state index contributed by atoms with van der Waals surface area (Å²) < 4.78 is 15.3. The van der Waals surface area contributed by atoms with E-state index in [4.69, 9.17) is 19.3 Å². The van der Waals surface area contributed by atoms with E-state index in [1.165, 1.54) is 7.11 Å². The number of hydrogen-bond donors (Lipinski definition) is 3. The number of carboxylic acids is 1. The highest BCUT2D eigenvalue weighted by Gasteiger charge is 2.42. The van der Waals surface area contributed by atoms with Crippen LogP contribution in [0.3, 0.4) is 0 Å². The summed E-state index contributed by atoms with van der Waals surface area (Å²) in [6.07, 6.45) is -4.02. The van der Waals surface area contributed by atoms with Crippen molar-refractivity contribution in [1.82, 2.24) is 0 Å². The monoisotopic (exact) mass is 250 g/mol. The summed E-state index contributed by atoms with van der Waals surface area (Å²) in [5.41, 5.74) is 0. The van der Waals surface area contributed by atoms with Crippen molar-refractivity contribution in [1.29, 1.82) is 0 Å². The smallest absolute Gasteiger partial charge is 0.329 e. The fourth-order valence-corrected chi connectivity index (χ4v) is 1.81. The topological polar surface area (TPSA) is 105 Å². The van der Waals surface area contributed by atoms with Gasteiger partial charge in [0.05, 0.1) is 12.7 Å². The molecule has 0 aliphatic carbocycles. The van der Waals surface area contributed by atoms with Gasteiger partial charge in [-0.2, -0.15) is 0 Å². The van der Waals surface area contributed by atoms with Crippen LogP contribution in [0.15, 0.2) is 0 Å². The Morgan fingerprint density at radius 3 is 2.53 bits per heavy atom. The van der Waals surface area contributed by atoms with Crippen LogP contribution in [0.4, 0.5) is 0 Å². The van der Waals surface area contributed by atoms with Gasteiger partial charge in [-0.1, -0.05) is 0 Å². The molecular weight excluding hydrogens is 232 g/mol. The third-order valence-corrected chi connectivity index (χ3v) is 2.70. The number of aliphatic hydroxyl groups excluding tert-OH is 2. The van der Waals surface area contributed by atoms with Crippen LogP contribution in [0.25, 0.3) is 0 Å². The van der Waals surface area contributed by atoms with E-state index in [9.17, 15) is 15.0 Å². The summed E-state index contributed by atoms with van der Waals surface area (Å²) in [7, 11) is 1.38. The van der Waals surface area contributed by atoms with Crippen LogP contribution in [0.5, 0.6) is 0 Å². The van der Waals surface area contributed by atoms with Gasteiger partial charge in [0.25, 0.3) is 0 Å². The Hall–Kier alpha value is -0.730. The number of aliphatic carboxylic acids is 1. The van der Waals surface area contributed by atoms with E-state index in [2.05, 4.69) is 0 Å². The summed E-state index contributed by atoms with van der Waals surface area (Å²) in [4.78, 5) is 10.3. The van der Waals surface area contributed by atoms with Crippen LogP contribution >= 0.6 is 0 Å². The van der Waals surface area contributed by atoms with Crippen molar-refractivity contribution in [3.8, 4) is 0 Å². The molecule has 1 saturated heterocycles. The Bertz CT molecular complexity index is 257. The standard InChI is InChI=1S/C10H18O7/c1-5-8(13)9(14)10(15-2)6(17-5)3-16-4-7(11)12/h5-6,8-10,13-14H,3-4H2,1-2H3,(H,11,12). The molecule has 5 atom stereocenters. The third kappa shape index (κ3) is 3.62. The predicted molar refractivity (Wildman–Crippen MR) is 55.6 cm³/mol. The lowest BCUT2D eigenvalue weighted by molar-refractivity contribution is -0.234. The fourth-order valence-electron chi connectivity index (χ4n) is 1.81. The van der Waals surface area contributed by atoms with Gasteiger partial charge in [-0.25, -0.2) is 4.79 Å². The number of carboxylic acid groups (broad SMARTS) is 1. The highest BCUT2D eigenvalue weighted by atomic mass is 16.6. The maximum atomic E-state index is 10.3. The van der Waals surface area contributed by atoms with E-state index in [0.29, 0.717) is 0 Å². The largest absolute Gasteiger partial charge is 0.480 e. The van der Waals surface area contributed by atoms with Crippen LogP contribution in [-0.4, -0.2) is 72.1 Å². The van der Waals surface area contributed by atoms with Gasteiger partial charge in [-0.05, 0) is 6.92 Å². The van der Waals surface area contributed by atoms with Gasteiger partial charge in [0.15, 0.2) is 0 Å². The molecule has 0 radical (unpaired) electrons. The number of ether oxygens (including phenoxy) is 3. The highest BCUT2D eigenvalue weighted by Crippen LogP contribution is 2.23. The van der Waals surface area contributed by atoms with Crippen LogP contribution in [0.1, 0.15) is 6.92 Å². The molecule has 7 nitrogen and oxygen atoms in total. The molecule has 17 heavy (non-hydrogen) atoms. The van der Waals surface area contributed by atoms with Crippen molar-refractivity contribution in [2.45, 2.75) is 37.4 Å². The van der Waals surface area contributed by atoms with E-state index in [1.807, 2.05) is 0 Å². The molecule has 1 fully saturated rings. The molecule has 0 amide bonds. The molecule has 5 unspecified atom stereocenters. The average molecular weight is 250 g/mol. The van der Waals surface area contributed by atoms with Crippen molar-refractivity contribution in [2.24, 2.45) is 0 Å². The second kappa shape index (κ2) is 6.27. The first kappa shape index (κ1) is 14.3. The van der Waals surface area contributed by atoms with E-state index in [-0.39, 0.29) is 6.61 Å². The van der Waals surface area contributed by atoms with Crippen molar-refractivity contribution in [3.05, 3.63) is 0 Å². The summed E-state index contributed by atoms with van der Waals surface area (Å²) >= 11 is 0. The molecule has 3 N–H and O–H groups in total. The molecule has 7 heteroatoms. The molecule has 0 spiro atoms. The van der Waals surface area contributed by atoms with Gasteiger partial charge in [0.2, 0.25) is 0 Å². The Kier molecular flexibility index (Phi) is 5.29. The number of rotatable bonds is 5. The molecule has 1 heterocycles. The molecule has 0 aromatic heterocycles. The summed E-state index contributed by atoms with van der Waals surface area (Å²) in [5, 5.41) is 27.8. The van der Waals surface area contributed by atoms with Crippen molar-refractivity contribution in [3.63, 3.8) is 0 Å². The van der Waals surface area contributed by atoms with Crippen LogP contribution in [0.2, 0.25) is 0 Å². The minimum absolute atomic E-state index is 0.0150. The van der Waals surface area contributed by atoms with Gasteiger partial charge >= 0.3 is 5.97 Å². The van der Waals surface area contributed by atoms with Gasteiger partial charge in [0, 0.05) is 7.11 Å². The normalized spacial score (nSPS) is 38.0. The molecule has 1 rings (SSSR count). The first-order valence-electron chi connectivity index (χ1n) is 5.31. The predicted octanol–water partition coefficient (Wildman–Crippen LogP) is -1.39. The van der Waals surface area contributed by atoms with Crippen molar-refractivity contribution in [2.75, 3.05) is 20.3 Å². The second-order valence-electron chi connectivity index (χ2n) is 3.97. The van der Waals surface area contributed by atoms with Crippen LogP contribution in [0, 0.1) is 0 Å². The zero-order chi connectivity index (χ0) is 13.0. The van der Waals surface area contributed by atoms with Crippen molar-refractivity contribution >= 4 is 5.97 Å². The molecule has 0 aromatic rings. The average Bonchev–Trinajstić information content (AvgIpc) is 2.26. The van der Waals surface area contributed by atoms with E-state index in [1.54, 1.807) is 6.92 Å². The summed E-state index contributed by atoms with van der Waals surface area (Å²) in [5.74, 6) is -1.08. The van der Waals surface area contributed by atoms with Gasteiger partial charge < -0.3 is 29.5 Å². The molecule has 1 aliphatic rings. The van der Waals surface area contributed by atoms with Crippen LogP contribution in [-0.2, 0) is 19.0 Å². The maximum absolute atomic E-state index is 10.3. The van der Waals surface area contributed by atoms with Gasteiger partial charge in [-0.15, -0.1) is 0 Å². The molecule has 0 saturated carbocycles. The third-order valence-electron chi connectivity index (χ3n) is 2.70. The number of aliphatic hydroxyl groups is 2. The summed E-state index contributed by atoms with van der Waals surface area (Å²) in [6, 6.07) is 0. The SMILES string of the molecule is COC1C(COCC(=O)O)OC(C)C(O)C1O. The Morgan fingerprint density at radius 2 is 2.00 bits per heavy atom. The second-order valence-corrected chi connectivity index (χ2v) is 3.97. The lowest BCUT2D eigenvalue weighted by Crippen LogP contribution is -2.58. The Balaban J connectivity index is 2.53. The Morgan fingerprint density at radius 1 is 1.35 bits per heavy atom. The number of methoxy groups -OCH3 is 1.